The zero-order valence-corrected chi connectivity index (χ0v) is 21.9. The van der Waals surface area contributed by atoms with E-state index < -0.39 is 0 Å². The topological polar surface area (TPSA) is 30.7 Å². The van der Waals surface area contributed by atoms with E-state index in [0.717, 1.165) is 34.0 Å². The fourth-order valence-electron chi connectivity index (χ4n) is 5.09. The average molecular weight is 492 g/mol. The highest BCUT2D eigenvalue weighted by atomic mass is 15.3. The zero-order chi connectivity index (χ0) is 26.1. The number of hydrogen-bond donors (Lipinski definition) is 0. The van der Waals surface area contributed by atoms with Gasteiger partial charge in [-0.2, -0.15) is 0 Å². The average Bonchev–Trinajstić information content (AvgIpc) is 3.38. The van der Waals surface area contributed by atoms with Gasteiger partial charge in [0, 0.05) is 16.8 Å². The van der Waals surface area contributed by atoms with Gasteiger partial charge in [-0.15, -0.1) is 10.2 Å². The fourth-order valence-corrected chi connectivity index (χ4v) is 5.09. The van der Waals surface area contributed by atoms with E-state index in [1.165, 1.54) is 33.4 Å². The first-order valence-electron chi connectivity index (χ1n) is 12.9. The largest absolute Gasteiger partial charge is 0.275 e. The Morgan fingerprint density at radius 3 is 1.71 bits per heavy atom. The molecule has 6 aromatic rings. The Kier molecular flexibility index (Phi) is 6.19. The minimum absolute atomic E-state index is 0.820. The Bertz CT molecular complexity index is 1690. The van der Waals surface area contributed by atoms with Crippen molar-refractivity contribution >= 4 is 0 Å². The van der Waals surface area contributed by atoms with Crippen molar-refractivity contribution in [3.63, 3.8) is 0 Å². The van der Waals surface area contributed by atoms with Crippen molar-refractivity contribution in [2.45, 2.75) is 20.8 Å². The lowest BCUT2D eigenvalue weighted by atomic mass is 9.92. The molecule has 0 unspecified atom stereocenters. The van der Waals surface area contributed by atoms with Crippen molar-refractivity contribution in [2.24, 2.45) is 0 Å². The molecular weight excluding hydrogens is 462 g/mol. The first-order valence-corrected chi connectivity index (χ1v) is 12.9. The second-order valence-corrected chi connectivity index (χ2v) is 9.89. The molecule has 1 heterocycles. The van der Waals surface area contributed by atoms with Crippen LogP contribution in [0, 0.1) is 20.8 Å². The highest BCUT2D eigenvalue weighted by Crippen LogP contribution is 2.38. The zero-order valence-electron chi connectivity index (χ0n) is 21.9. The highest BCUT2D eigenvalue weighted by Gasteiger charge is 2.21. The molecule has 184 valence electrons. The molecular formula is C35H29N3. The molecule has 0 aliphatic carbocycles. The van der Waals surface area contributed by atoms with Crippen LogP contribution in [0.4, 0.5) is 0 Å². The van der Waals surface area contributed by atoms with Crippen molar-refractivity contribution in [3.8, 4) is 50.7 Å². The van der Waals surface area contributed by atoms with Crippen LogP contribution in [0.5, 0.6) is 0 Å². The molecule has 0 N–H and O–H groups in total. The van der Waals surface area contributed by atoms with Crippen molar-refractivity contribution in [3.05, 3.63) is 138 Å². The van der Waals surface area contributed by atoms with Crippen LogP contribution in [0.1, 0.15) is 16.7 Å². The molecule has 0 aliphatic heterocycles. The molecule has 0 atom stereocenters. The van der Waals surface area contributed by atoms with Gasteiger partial charge < -0.3 is 0 Å². The van der Waals surface area contributed by atoms with Crippen LogP contribution in [-0.4, -0.2) is 14.8 Å². The van der Waals surface area contributed by atoms with Gasteiger partial charge in [-0.25, -0.2) is 0 Å². The lowest BCUT2D eigenvalue weighted by Crippen LogP contribution is -2.01. The molecule has 0 saturated carbocycles. The lowest BCUT2D eigenvalue weighted by molar-refractivity contribution is 1.07. The summed E-state index contributed by atoms with van der Waals surface area (Å²) in [5, 5.41) is 9.54. The molecule has 0 fully saturated rings. The van der Waals surface area contributed by atoms with Crippen molar-refractivity contribution < 1.29 is 0 Å². The molecule has 0 aliphatic rings. The summed E-state index contributed by atoms with van der Waals surface area (Å²) in [4.78, 5) is 0. The first-order chi connectivity index (χ1) is 18.6. The summed E-state index contributed by atoms with van der Waals surface area (Å²) >= 11 is 0. The van der Waals surface area contributed by atoms with Gasteiger partial charge in [-0.3, -0.25) is 4.57 Å². The summed E-state index contributed by atoms with van der Waals surface area (Å²) in [6.45, 7) is 6.40. The summed E-state index contributed by atoms with van der Waals surface area (Å²) < 4.78 is 2.17. The predicted molar refractivity (Wildman–Crippen MR) is 157 cm³/mol. The SMILES string of the molecule is Cc1ccc(-c2nnc(-c3ccc(-c4ccccc4)cc3-c3cc(C)cc(C)c3)n2-c2ccccc2)cc1. The van der Waals surface area contributed by atoms with Gasteiger partial charge in [0.2, 0.25) is 0 Å². The van der Waals surface area contributed by atoms with Crippen LogP contribution >= 0.6 is 0 Å². The van der Waals surface area contributed by atoms with Crippen LogP contribution < -0.4 is 0 Å². The Morgan fingerprint density at radius 1 is 0.421 bits per heavy atom. The summed E-state index contributed by atoms with van der Waals surface area (Å²) in [5.74, 6) is 1.64. The monoisotopic (exact) mass is 491 g/mol. The van der Waals surface area contributed by atoms with Crippen molar-refractivity contribution in [1.29, 1.82) is 0 Å². The molecule has 1 aromatic heterocycles. The van der Waals surface area contributed by atoms with E-state index >= 15 is 0 Å². The second-order valence-electron chi connectivity index (χ2n) is 9.89. The lowest BCUT2D eigenvalue weighted by Gasteiger charge is -2.16. The molecule has 6 rings (SSSR count). The quantitative estimate of drug-likeness (QED) is 0.241. The Morgan fingerprint density at radius 2 is 1.03 bits per heavy atom. The van der Waals surface area contributed by atoms with Crippen molar-refractivity contribution in [2.75, 3.05) is 0 Å². The third-order valence-corrected chi connectivity index (χ3v) is 6.89. The number of hydrogen-bond acceptors (Lipinski definition) is 2. The van der Waals surface area contributed by atoms with Gasteiger partial charge in [0.05, 0.1) is 0 Å². The molecule has 0 amide bonds. The maximum absolute atomic E-state index is 4.81. The molecule has 3 nitrogen and oxygen atoms in total. The van der Waals surface area contributed by atoms with Crippen LogP contribution in [0.2, 0.25) is 0 Å². The molecule has 0 spiro atoms. The smallest absolute Gasteiger partial charge is 0.169 e. The molecule has 0 radical (unpaired) electrons. The maximum atomic E-state index is 4.81. The summed E-state index contributed by atoms with van der Waals surface area (Å²) in [5.41, 5.74) is 11.5. The van der Waals surface area contributed by atoms with Gasteiger partial charge in [0.15, 0.2) is 11.6 Å². The highest BCUT2D eigenvalue weighted by molar-refractivity contribution is 5.86. The molecule has 3 heteroatoms. The maximum Gasteiger partial charge on any atom is 0.169 e. The molecule has 38 heavy (non-hydrogen) atoms. The van der Waals surface area contributed by atoms with E-state index in [1.807, 2.05) is 6.07 Å². The van der Waals surface area contributed by atoms with Gasteiger partial charge >= 0.3 is 0 Å². The Balaban J connectivity index is 1.62. The Labute approximate surface area is 224 Å². The van der Waals surface area contributed by atoms with E-state index in [9.17, 15) is 0 Å². The van der Waals surface area contributed by atoms with Crippen molar-refractivity contribution in [1.82, 2.24) is 14.8 Å². The normalized spacial score (nSPS) is 11.0. The Hall–Kier alpha value is -4.76. The minimum Gasteiger partial charge on any atom is -0.275 e. The standard InChI is InChI=1S/C35H29N3/c1-24-14-16-28(17-15-24)34-36-37-35(38(34)31-12-8-5-9-13-31)32-19-18-29(27-10-6-4-7-11-27)23-33(32)30-21-25(2)20-26(3)22-30/h4-23H,1-3H3. The van der Waals surface area contributed by atoms with E-state index in [1.54, 1.807) is 0 Å². The number of para-hydroxylation sites is 1. The molecule has 5 aromatic carbocycles. The summed E-state index contributed by atoms with van der Waals surface area (Å²) in [6, 6.07) is 42.8. The number of benzene rings is 5. The van der Waals surface area contributed by atoms with E-state index in [2.05, 4.69) is 141 Å². The molecule has 0 saturated heterocycles. The number of aryl methyl sites for hydroxylation is 3. The minimum atomic E-state index is 0.820. The van der Waals surface area contributed by atoms with Gasteiger partial charge in [-0.1, -0.05) is 114 Å². The number of rotatable bonds is 5. The van der Waals surface area contributed by atoms with Crippen LogP contribution in [0.15, 0.2) is 121 Å². The van der Waals surface area contributed by atoms with Crippen LogP contribution in [0.25, 0.3) is 50.7 Å². The first kappa shape index (κ1) is 23.6. The third kappa shape index (κ3) is 4.55. The third-order valence-electron chi connectivity index (χ3n) is 6.89. The fraction of sp³-hybridized carbons (Fsp3) is 0.0857. The number of nitrogens with zero attached hydrogens (tertiary/aromatic N) is 3. The molecule has 0 bridgehead atoms. The van der Waals surface area contributed by atoms with Gasteiger partial charge in [-0.05, 0) is 67.3 Å². The van der Waals surface area contributed by atoms with E-state index in [0.29, 0.717) is 0 Å². The predicted octanol–water partition coefficient (Wildman–Crippen LogP) is 8.86. The van der Waals surface area contributed by atoms with E-state index in [-0.39, 0.29) is 0 Å². The van der Waals surface area contributed by atoms with Gasteiger partial charge in [0.1, 0.15) is 0 Å². The second kappa shape index (κ2) is 9.95. The van der Waals surface area contributed by atoms with Gasteiger partial charge in [0.25, 0.3) is 0 Å². The summed E-state index contributed by atoms with van der Waals surface area (Å²) in [7, 11) is 0. The van der Waals surface area contributed by atoms with Crippen LogP contribution in [0.3, 0.4) is 0 Å². The number of aromatic nitrogens is 3. The van der Waals surface area contributed by atoms with E-state index in [4.69, 9.17) is 10.2 Å². The van der Waals surface area contributed by atoms with Crippen LogP contribution in [-0.2, 0) is 0 Å². The summed E-state index contributed by atoms with van der Waals surface area (Å²) in [6.07, 6.45) is 0.